The summed E-state index contributed by atoms with van der Waals surface area (Å²) in [6.07, 6.45) is 5.45. The molecule has 2 aromatic carbocycles. The third-order valence-corrected chi connectivity index (χ3v) is 6.38. The van der Waals surface area contributed by atoms with E-state index in [4.69, 9.17) is 14.2 Å². The zero-order valence-electron chi connectivity index (χ0n) is 18.6. The first-order valence-electron chi connectivity index (χ1n) is 10.9. The maximum atomic E-state index is 13.3. The Balaban J connectivity index is 1.47. The number of carbonyl (C=O) groups excluding carboxylic acids is 2. The zero-order chi connectivity index (χ0) is 23.4. The van der Waals surface area contributed by atoms with E-state index < -0.39 is 5.92 Å². The highest BCUT2D eigenvalue weighted by atomic mass is 16.5. The molecule has 6 rings (SSSR count). The Morgan fingerprint density at radius 1 is 1.15 bits per heavy atom. The van der Waals surface area contributed by atoms with Crippen LogP contribution >= 0.6 is 0 Å². The van der Waals surface area contributed by atoms with E-state index in [0.717, 1.165) is 22.0 Å². The summed E-state index contributed by atoms with van der Waals surface area (Å²) in [6.45, 7) is 0. The Morgan fingerprint density at radius 2 is 2.00 bits per heavy atom. The fourth-order valence-electron chi connectivity index (χ4n) is 4.78. The van der Waals surface area contributed by atoms with Gasteiger partial charge in [0.2, 0.25) is 11.7 Å². The Morgan fingerprint density at radius 3 is 2.85 bits per heavy atom. The molecule has 0 saturated heterocycles. The van der Waals surface area contributed by atoms with Crippen LogP contribution in [0, 0.1) is 0 Å². The van der Waals surface area contributed by atoms with E-state index in [2.05, 4.69) is 4.98 Å². The van der Waals surface area contributed by atoms with Crippen molar-refractivity contribution in [1.82, 2.24) is 9.55 Å². The van der Waals surface area contributed by atoms with Gasteiger partial charge in [-0.15, -0.1) is 0 Å². The number of aromatic nitrogens is 2. The third-order valence-electron chi connectivity index (χ3n) is 6.38. The molecule has 0 fully saturated rings. The number of benzene rings is 2. The Bertz CT molecular complexity index is 1530. The number of ketones is 1. The van der Waals surface area contributed by atoms with Gasteiger partial charge in [-0.2, -0.15) is 0 Å². The number of para-hydroxylation sites is 1. The number of ether oxygens (including phenoxy) is 3. The van der Waals surface area contributed by atoms with Crippen molar-refractivity contribution in [3.63, 3.8) is 0 Å². The van der Waals surface area contributed by atoms with E-state index in [-0.39, 0.29) is 23.9 Å². The lowest BCUT2D eigenvalue weighted by atomic mass is 9.85. The summed E-state index contributed by atoms with van der Waals surface area (Å²) >= 11 is 0. The van der Waals surface area contributed by atoms with Crippen molar-refractivity contribution < 1.29 is 23.8 Å². The number of hydrogen-bond donors (Lipinski definition) is 0. The Kier molecular flexibility index (Phi) is 4.52. The predicted octanol–water partition coefficient (Wildman–Crippen LogP) is 4.99. The molecule has 0 radical (unpaired) electrons. The molecule has 7 heteroatoms. The van der Waals surface area contributed by atoms with Gasteiger partial charge in [0.05, 0.1) is 19.1 Å². The average Bonchev–Trinajstić information content (AvgIpc) is 3.35. The SMILES string of the molecule is COC(=O)CC1c2cccnc2Oc2ccc3c(c21)OC(=Cc1cn(C)c2ccccc12)C3=O. The van der Waals surface area contributed by atoms with Gasteiger partial charge in [-0.3, -0.25) is 9.59 Å². The minimum Gasteiger partial charge on any atom is -0.469 e. The van der Waals surface area contributed by atoms with E-state index in [1.807, 2.05) is 48.1 Å². The van der Waals surface area contributed by atoms with E-state index in [9.17, 15) is 9.59 Å². The van der Waals surface area contributed by atoms with Crippen molar-refractivity contribution >= 4 is 28.7 Å². The lowest BCUT2D eigenvalue weighted by molar-refractivity contribution is -0.140. The monoisotopic (exact) mass is 452 g/mol. The fraction of sp³-hybridized carbons (Fsp3) is 0.148. The number of fused-ring (bicyclic) bond motifs is 5. The fourth-order valence-corrected chi connectivity index (χ4v) is 4.78. The maximum Gasteiger partial charge on any atom is 0.306 e. The molecule has 1 unspecified atom stereocenters. The molecule has 0 amide bonds. The smallest absolute Gasteiger partial charge is 0.306 e. The highest BCUT2D eigenvalue weighted by Gasteiger charge is 2.39. The van der Waals surface area contributed by atoms with Crippen molar-refractivity contribution in [2.24, 2.45) is 7.05 Å². The molecule has 34 heavy (non-hydrogen) atoms. The lowest BCUT2D eigenvalue weighted by Gasteiger charge is -2.27. The number of carbonyl (C=O) groups is 2. The van der Waals surface area contributed by atoms with Crippen LogP contribution in [0.4, 0.5) is 0 Å². The van der Waals surface area contributed by atoms with Gasteiger partial charge in [-0.1, -0.05) is 24.3 Å². The van der Waals surface area contributed by atoms with Crippen molar-refractivity contribution in [3.8, 4) is 17.4 Å². The second-order valence-corrected chi connectivity index (χ2v) is 8.34. The van der Waals surface area contributed by atoms with Crippen molar-refractivity contribution in [3.05, 3.63) is 88.9 Å². The van der Waals surface area contributed by atoms with E-state index >= 15 is 0 Å². The van der Waals surface area contributed by atoms with Crippen LogP contribution in [0.2, 0.25) is 0 Å². The topological polar surface area (TPSA) is 79.7 Å². The Hall–Kier alpha value is -4.39. The molecule has 0 spiro atoms. The van der Waals surface area contributed by atoms with Crippen LogP contribution in [0.5, 0.6) is 17.4 Å². The highest BCUT2D eigenvalue weighted by Crippen LogP contribution is 2.52. The van der Waals surface area contributed by atoms with Gasteiger partial charge >= 0.3 is 5.97 Å². The third kappa shape index (κ3) is 3.01. The summed E-state index contributed by atoms with van der Waals surface area (Å²) in [5.41, 5.74) is 3.79. The van der Waals surface area contributed by atoms with Crippen LogP contribution in [0.15, 0.2) is 66.7 Å². The summed E-state index contributed by atoms with van der Waals surface area (Å²) in [7, 11) is 3.32. The minimum absolute atomic E-state index is 0.0714. The molecule has 2 aromatic heterocycles. The molecule has 2 aliphatic rings. The second kappa shape index (κ2) is 7.59. The molecule has 0 aliphatic carbocycles. The number of rotatable bonds is 3. The van der Waals surface area contributed by atoms with Crippen LogP contribution in [0.1, 0.15) is 39.4 Å². The molecular formula is C27H20N2O5. The lowest BCUT2D eigenvalue weighted by Crippen LogP contribution is -2.16. The van der Waals surface area contributed by atoms with Crippen molar-refractivity contribution in [2.75, 3.05) is 7.11 Å². The summed E-state index contributed by atoms with van der Waals surface area (Å²) in [5.74, 6) is 0.587. The first kappa shape index (κ1) is 20.2. The van der Waals surface area contributed by atoms with E-state index in [0.29, 0.717) is 28.5 Å². The number of allylic oxidation sites excluding steroid dienone is 1. The summed E-state index contributed by atoms with van der Waals surface area (Å²) < 4.78 is 19.2. The van der Waals surface area contributed by atoms with Gasteiger partial charge in [-0.25, -0.2) is 4.98 Å². The summed E-state index contributed by atoms with van der Waals surface area (Å²) in [5, 5.41) is 1.03. The summed E-state index contributed by atoms with van der Waals surface area (Å²) in [6, 6.07) is 15.1. The number of aryl methyl sites for hydroxylation is 1. The Labute approximate surface area is 195 Å². The molecule has 4 heterocycles. The number of esters is 1. The zero-order valence-corrected chi connectivity index (χ0v) is 18.6. The molecule has 4 aromatic rings. The number of methoxy groups -OCH3 is 1. The number of nitrogens with zero attached hydrogens (tertiary/aromatic N) is 2. The normalized spacial score (nSPS) is 17.1. The molecule has 7 nitrogen and oxygen atoms in total. The van der Waals surface area contributed by atoms with Gasteiger partial charge in [0, 0.05) is 53.0 Å². The van der Waals surface area contributed by atoms with Crippen LogP contribution in [0.25, 0.3) is 17.0 Å². The van der Waals surface area contributed by atoms with Crippen molar-refractivity contribution in [2.45, 2.75) is 12.3 Å². The van der Waals surface area contributed by atoms with Crippen LogP contribution in [0.3, 0.4) is 0 Å². The first-order valence-corrected chi connectivity index (χ1v) is 10.9. The maximum absolute atomic E-state index is 13.3. The molecule has 0 saturated carbocycles. The largest absolute Gasteiger partial charge is 0.469 e. The van der Waals surface area contributed by atoms with Crippen LogP contribution < -0.4 is 9.47 Å². The average molecular weight is 452 g/mol. The second-order valence-electron chi connectivity index (χ2n) is 8.34. The minimum atomic E-state index is -0.417. The standard InChI is InChI=1S/C27H20N2O5/c1-29-14-15(16-6-3-4-8-20(16)29)12-22-25(31)18-9-10-21-24(26(18)33-22)19(13-23(30)32-2)17-7-5-11-28-27(17)34-21/h3-12,14,19H,13H2,1-2H3. The van der Waals surface area contributed by atoms with E-state index in [1.54, 1.807) is 30.5 Å². The molecule has 168 valence electrons. The van der Waals surface area contributed by atoms with Gasteiger partial charge in [0.15, 0.2) is 5.76 Å². The number of hydrogen-bond acceptors (Lipinski definition) is 6. The molecule has 0 bridgehead atoms. The van der Waals surface area contributed by atoms with Gasteiger partial charge in [0.1, 0.15) is 11.5 Å². The molecule has 0 N–H and O–H groups in total. The first-order chi connectivity index (χ1) is 16.5. The number of pyridine rings is 1. The quantitative estimate of drug-likeness (QED) is 0.322. The van der Waals surface area contributed by atoms with Gasteiger partial charge in [-0.05, 0) is 30.3 Å². The van der Waals surface area contributed by atoms with Gasteiger partial charge < -0.3 is 18.8 Å². The highest BCUT2D eigenvalue weighted by molar-refractivity contribution is 6.15. The van der Waals surface area contributed by atoms with Crippen LogP contribution in [-0.4, -0.2) is 28.4 Å². The van der Waals surface area contributed by atoms with Crippen molar-refractivity contribution in [1.29, 1.82) is 0 Å². The number of Topliss-reactive ketones (excluding diaryl/α,β-unsaturated/α-hetero) is 1. The molecular weight excluding hydrogens is 432 g/mol. The van der Waals surface area contributed by atoms with Gasteiger partial charge in [0.25, 0.3) is 0 Å². The molecule has 1 atom stereocenters. The van der Waals surface area contributed by atoms with Crippen LogP contribution in [-0.2, 0) is 16.6 Å². The predicted molar refractivity (Wildman–Crippen MR) is 125 cm³/mol. The summed E-state index contributed by atoms with van der Waals surface area (Å²) in [4.78, 5) is 29.9. The molecule has 2 aliphatic heterocycles. The van der Waals surface area contributed by atoms with E-state index in [1.165, 1.54) is 7.11 Å².